The highest BCUT2D eigenvalue weighted by atomic mass is 32.2. The smallest absolute Gasteiger partial charge is 0.327 e. The van der Waals surface area contributed by atoms with E-state index in [4.69, 9.17) is 0 Å². The summed E-state index contributed by atoms with van der Waals surface area (Å²) >= 11 is 2.85. The Hall–Kier alpha value is -1.87. The van der Waals surface area contributed by atoms with Gasteiger partial charge in [0.05, 0.1) is 5.25 Å². The van der Waals surface area contributed by atoms with Crippen LogP contribution in [0.2, 0.25) is 0 Å². The minimum atomic E-state index is -1.09. The zero-order chi connectivity index (χ0) is 21.7. The van der Waals surface area contributed by atoms with Crippen LogP contribution in [0.4, 0.5) is 5.69 Å². The molecule has 3 rings (SSSR count). The van der Waals surface area contributed by atoms with Gasteiger partial charge in [-0.25, -0.2) is 4.79 Å². The number of benzene rings is 1. The lowest BCUT2D eigenvalue weighted by molar-refractivity contribution is -0.167. The number of β-lactam (4-membered cyclic amide) rings is 1. The van der Waals surface area contributed by atoms with Gasteiger partial charge in [0.25, 0.3) is 5.91 Å². The van der Waals surface area contributed by atoms with E-state index in [2.05, 4.69) is 5.32 Å². The number of carbonyl (C=O) groups is 3. The zero-order valence-corrected chi connectivity index (χ0v) is 19.1. The highest BCUT2D eigenvalue weighted by molar-refractivity contribution is 8.01. The van der Waals surface area contributed by atoms with Crippen molar-refractivity contribution in [2.24, 2.45) is 0 Å². The maximum atomic E-state index is 12.8. The van der Waals surface area contributed by atoms with E-state index < -0.39 is 27.5 Å². The van der Waals surface area contributed by atoms with Gasteiger partial charge in [0.1, 0.15) is 17.0 Å². The summed E-state index contributed by atoms with van der Waals surface area (Å²) in [6.45, 7) is 7.13. The van der Waals surface area contributed by atoms with Crippen LogP contribution in [0, 0.1) is 0 Å². The second kappa shape index (κ2) is 7.43. The molecule has 2 aliphatic heterocycles. The fourth-order valence-electron chi connectivity index (χ4n) is 3.78. The second-order valence-corrected chi connectivity index (χ2v) is 11.5. The third kappa shape index (κ3) is 3.70. The molecule has 158 valence electrons. The Morgan fingerprint density at radius 1 is 1.24 bits per heavy atom. The van der Waals surface area contributed by atoms with E-state index >= 15 is 0 Å². The third-order valence-corrected chi connectivity index (χ3v) is 8.29. The van der Waals surface area contributed by atoms with E-state index in [-0.39, 0.29) is 17.2 Å². The molecule has 1 unspecified atom stereocenters. The Morgan fingerprint density at radius 2 is 1.83 bits per heavy atom. The second-order valence-electron chi connectivity index (χ2n) is 8.37. The van der Waals surface area contributed by atoms with Crippen LogP contribution >= 0.6 is 23.5 Å². The molecule has 0 radical (unpaired) electrons. The summed E-state index contributed by atoms with van der Waals surface area (Å²) in [6.07, 6.45) is 0. The maximum Gasteiger partial charge on any atom is 0.327 e. The number of thioether (sulfide) groups is 2. The molecule has 0 saturated carbocycles. The van der Waals surface area contributed by atoms with Crippen LogP contribution < -0.4 is 10.2 Å². The molecule has 0 spiro atoms. The lowest BCUT2D eigenvalue weighted by Gasteiger charge is -2.51. The number of carbonyl (C=O) groups excluding carboxylic acids is 2. The maximum absolute atomic E-state index is 12.8. The number of nitrogens with one attached hydrogen (secondary N) is 1. The molecule has 2 fully saturated rings. The van der Waals surface area contributed by atoms with E-state index in [1.165, 1.54) is 28.4 Å². The normalized spacial score (nSPS) is 28.3. The molecule has 29 heavy (non-hydrogen) atoms. The largest absolute Gasteiger partial charge is 0.480 e. The quantitative estimate of drug-likeness (QED) is 0.521. The van der Waals surface area contributed by atoms with E-state index in [0.29, 0.717) is 0 Å². The van der Waals surface area contributed by atoms with Crippen LogP contribution in [-0.4, -0.2) is 68.8 Å². The van der Waals surface area contributed by atoms with E-state index in [0.717, 1.165) is 10.6 Å². The van der Waals surface area contributed by atoms with Gasteiger partial charge >= 0.3 is 5.97 Å². The molecule has 4 atom stereocenters. The molecule has 0 aromatic heterocycles. The molecule has 2 heterocycles. The van der Waals surface area contributed by atoms with Crippen LogP contribution in [0.15, 0.2) is 29.2 Å². The Labute approximate surface area is 179 Å². The standard InChI is InChI=1S/C20H27N3O4S2/c1-11(28-13-9-7-12(8-10-13)22(5)6)15(24)21-20(4)17(27)23-14(16(25)26)19(2,3)29-18(20)23/h7-11,14,18H,1-6H3,(H,21,24)(H,25,26)/t11?,14-,18+,20-/m0/s1. The Bertz CT molecular complexity index is 843. The molecule has 0 bridgehead atoms. The van der Waals surface area contributed by atoms with Crippen molar-refractivity contribution in [2.45, 2.75) is 59.5 Å². The molecule has 0 aliphatic carbocycles. The van der Waals surface area contributed by atoms with Gasteiger partial charge in [0.2, 0.25) is 5.91 Å². The number of anilines is 1. The average molecular weight is 438 g/mol. The van der Waals surface area contributed by atoms with Gasteiger partial charge in [-0.3, -0.25) is 9.59 Å². The van der Waals surface area contributed by atoms with E-state index in [1.807, 2.05) is 57.1 Å². The van der Waals surface area contributed by atoms with E-state index in [1.54, 1.807) is 13.8 Å². The van der Waals surface area contributed by atoms with Crippen LogP contribution in [0.5, 0.6) is 0 Å². The molecule has 7 nitrogen and oxygen atoms in total. The summed E-state index contributed by atoms with van der Waals surface area (Å²) in [4.78, 5) is 41.6. The number of fused-ring (bicyclic) bond motifs is 1. The highest BCUT2D eigenvalue weighted by Crippen LogP contribution is 2.54. The Kier molecular flexibility index (Phi) is 5.59. The summed E-state index contributed by atoms with van der Waals surface area (Å²) in [6, 6.07) is 7.02. The number of hydrogen-bond acceptors (Lipinski definition) is 6. The molecule has 1 aromatic rings. The number of aliphatic carboxylic acids is 1. The predicted octanol–water partition coefficient (Wildman–Crippen LogP) is 2.25. The number of amides is 2. The van der Waals surface area contributed by atoms with Crippen LogP contribution in [0.3, 0.4) is 0 Å². The molecule has 1 aromatic carbocycles. The van der Waals surface area contributed by atoms with Gasteiger partial charge in [-0.05, 0) is 52.0 Å². The van der Waals surface area contributed by atoms with Crippen molar-refractivity contribution in [3.63, 3.8) is 0 Å². The monoisotopic (exact) mass is 437 g/mol. The lowest BCUT2D eigenvalue weighted by Crippen LogP contribution is -2.78. The van der Waals surface area contributed by atoms with Crippen molar-refractivity contribution in [3.05, 3.63) is 24.3 Å². The Morgan fingerprint density at radius 3 is 2.34 bits per heavy atom. The first kappa shape index (κ1) is 21.8. The van der Waals surface area contributed by atoms with E-state index in [9.17, 15) is 19.5 Å². The first-order valence-electron chi connectivity index (χ1n) is 9.38. The molecular weight excluding hydrogens is 410 g/mol. The van der Waals surface area contributed by atoms with Gasteiger partial charge in [-0.15, -0.1) is 23.5 Å². The van der Waals surface area contributed by atoms with Gasteiger partial charge < -0.3 is 20.2 Å². The van der Waals surface area contributed by atoms with Crippen molar-refractivity contribution in [1.82, 2.24) is 10.2 Å². The fraction of sp³-hybridized carbons (Fsp3) is 0.550. The highest BCUT2D eigenvalue weighted by Gasteiger charge is 2.70. The minimum absolute atomic E-state index is 0.237. The SMILES string of the molecule is CC(Sc1ccc(N(C)C)cc1)C(=O)N[C@@]1(C)C(=O)N2[C@@H](C(=O)O)C(C)(C)S[C@@H]21. The average Bonchev–Trinajstić information content (AvgIpc) is 2.91. The number of rotatable bonds is 6. The summed E-state index contributed by atoms with van der Waals surface area (Å²) in [5, 5.41) is 11.7. The van der Waals surface area contributed by atoms with Crippen molar-refractivity contribution in [1.29, 1.82) is 0 Å². The lowest BCUT2D eigenvalue weighted by atomic mass is 9.86. The van der Waals surface area contributed by atoms with Crippen molar-refractivity contribution < 1.29 is 19.5 Å². The number of nitrogens with zero attached hydrogens (tertiary/aromatic N) is 2. The predicted molar refractivity (Wildman–Crippen MR) is 116 cm³/mol. The fourth-order valence-corrected chi connectivity index (χ4v) is 6.29. The van der Waals surface area contributed by atoms with Crippen LogP contribution in [0.1, 0.15) is 27.7 Å². The van der Waals surface area contributed by atoms with Gasteiger partial charge in [0.15, 0.2) is 0 Å². The number of carboxylic acids is 1. The third-order valence-electron chi connectivity index (χ3n) is 5.43. The van der Waals surface area contributed by atoms with Gasteiger partial charge in [-0.2, -0.15) is 0 Å². The van der Waals surface area contributed by atoms with Crippen molar-refractivity contribution in [3.8, 4) is 0 Å². The van der Waals surface area contributed by atoms with Crippen LogP contribution in [-0.2, 0) is 14.4 Å². The zero-order valence-electron chi connectivity index (χ0n) is 17.4. The molecule has 2 N–H and O–H groups in total. The number of hydrogen-bond donors (Lipinski definition) is 2. The molecular formula is C20H27N3O4S2. The molecule has 2 amide bonds. The molecule has 9 heteroatoms. The van der Waals surface area contributed by atoms with Crippen molar-refractivity contribution in [2.75, 3.05) is 19.0 Å². The van der Waals surface area contributed by atoms with Gasteiger partial charge in [-0.1, -0.05) is 0 Å². The summed E-state index contributed by atoms with van der Waals surface area (Å²) in [7, 11) is 3.93. The first-order valence-corrected chi connectivity index (χ1v) is 11.1. The first-order chi connectivity index (χ1) is 13.4. The summed E-state index contributed by atoms with van der Waals surface area (Å²) in [5.74, 6) is -1.59. The topological polar surface area (TPSA) is 90.0 Å². The Balaban J connectivity index is 1.67. The van der Waals surface area contributed by atoms with Crippen LogP contribution in [0.25, 0.3) is 0 Å². The summed E-state index contributed by atoms with van der Waals surface area (Å²) in [5.41, 5.74) is -0.0136. The summed E-state index contributed by atoms with van der Waals surface area (Å²) < 4.78 is -0.622. The number of carboxylic acid groups (broad SMARTS) is 1. The van der Waals surface area contributed by atoms with Gasteiger partial charge in [0, 0.05) is 29.4 Å². The molecule has 2 aliphatic rings. The minimum Gasteiger partial charge on any atom is -0.480 e. The van der Waals surface area contributed by atoms with Crippen molar-refractivity contribution >= 4 is 47.0 Å². The molecule has 2 saturated heterocycles.